The Kier molecular flexibility index (Phi) is 7.16. The minimum absolute atomic E-state index is 0.166. The molecule has 0 aliphatic carbocycles. The largest absolute Gasteiger partial charge is 0.373 e. The SMILES string of the molecule is CC1CN(Cc2ccc(C(=O)Nc3nnc(SCc4cccs4)s3)cc2)CC(C)O1. The van der Waals surface area contributed by atoms with Crippen LogP contribution in [0.15, 0.2) is 46.1 Å². The summed E-state index contributed by atoms with van der Waals surface area (Å²) in [7, 11) is 0. The van der Waals surface area contributed by atoms with E-state index in [2.05, 4.69) is 45.7 Å². The van der Waals surface area contributed by atoms with Gasteiger partial charge in [-0.3, -0.25) is 15.0 Å². The Labute approximate surface area is 188 Å². The number of hydrogen-bond donors (Lipinski definition) is 1. The van der Waals surface area contributed by atoms with Gasteiger partial charge in [0.25, 0.3) is 5.91 Å². The van der Waals surface area contributed by atoms with E-state index in [4.69, 9.17) is 4.74 Å². The first-order chi connectivity index (χ1) is 14.5. The van der Waals surface area contributed by atoms with Gasteiger partial charge in [-0.1, -0.05) is 41.3 Å². The van der Waals surface area contributed by atoms with E-state index in [1.807, 2.05) is 30.3 Å². The Hall–Kier alpha value is -1.78. The molecule has 30 heavy (non-hydrogen) atoms. The van der Waals surface area contributed by atoms with Crippen molar-refractivity contribution in [1.29, 1.82) is 0 Å². The molecule has 158 valence electrons. The van der Waals surface area contributed by atoms with E-state index in [0.29, 0.717) is 10.7 Å². The number of hydrogen-bond acceptors (Lipinski definition) is 8. The number of aromatic nitrogens is 2. The van der Waals surface area contributed by atoms with Crippen LogP contribution >= 0.6 is 34.4 Å². The third-order valence-corrected chi connectivity index (χ3v) is 7.74. The number of carbonyl (C=O) groups excluding carboxylic acids is 1. The molecule has 1 aromatic carbocycles. The number of nitrogens with zero attached hydrogens (tertiary/aromatic N) is 3. The van der Waals surface area contributed by atoms with Crippen LogP contribution in [0.25, 0.3) is 0 Å². The van der Waals surface area contributed by atoms with Gasteiger partial charge in [0.2, 0.25) is 5.13 Å². The molecule has 6 nitrogen and oxygen atoms in total. The maximum Gasteiger partial charge on any atom is 0.257 e. The molecule has 2 atom stereocenters. The van der Waals surface area contributed by atoms with E-state index < -0.39 is 0 Å². The number of ether oxygens (including phenoxy) is 1. The maximum absolute atomic E-state index is 12.6. The smallest absolute Gasteiger partial charge is 0.257 e. The van der Waals surface area contributed by atoms with Crippen LogP contribution in [-0.2, 0) is 17.0 Å². The second kappa shape index (κ2) is 10.0. The van der Waals surface area contributed by atoms with Crippen molar-refractivity contribution < 1.29 is 9.53 Å². The second-order valence-corrected chi connectivity index (χ2v) is 10.6. The molecule has 0 spiro atoms. The van der Waals surface area contributed by atoms with E-state index in [9.17, 15) is 4.79 Å². The van der Waals surface area contributed by atoms with Crippen LogP contribution in [0.3, 0.4) is 0 Å². The van der Waals surface area contributed by atoms with Crippen LogP contribution in [0.5, 0.6) is 0 Å². The number of anilines is 1. The fourth-order valence-corrected chi connectivity index (χ4v) is 5.97. The number of morpholine rings is 1. The van der Waals surface area contributed by atoms with Crippen LogP contribution in [-0.4, -0.2) is 46.3 Å². The van der Waals surface area contributed by atoms with Gasteiger partial charge < -0.3 is 4.74 Å². The average Bonchev–Trinajstić information content (AvgIpc) is 3.38. The summed E-state index contributed by atoms with van der Waals surface area (Å²) in [6.07, 6.45) is 0.498. The standard InChI is InChI=1S/C21H24N4O2S3/c1-14-10-25(11-15(2)27-14)12-16-5-7-17(8-6-16)19(26)22-20-23-24-21(30-20)29-13-18-4-3-9-28-18/h3-9,14-15H,10-13H2,1-2H3,(H,22,23,26). The lowest BCUT2D eigenvalue weighted by Gasteiger charge is -2.35. The van der Waals surface area contributed by atoms with Crippen molar-refractivity contribution in [1.82, 2.24) is 15.1 Å². The van der Waals surface area contributed by atoms with Crippen molar-refractivity contribution in [2.24, 2.45) is 0 Å². The quantitative estimate of drug-likeness (QED) is 0.405. The molecule has 1 aliphatic rings. The topological polar surface area (TPSA) is 67.4 Å². The monoisotopic (exact) mass is 460 g/mol. The Morgan fingerprint density at radius 1 is 1.20 bits per heavy atom. The molecule has 0 bridgehead atoms. The molecule has 2 aromatic heterocycles. The molecular formula is C21H24N4O2S3. The first kappa shape index (κ1) is 21.5. The summed E-state index contributed by atoms with van der Waals surface area (Å²) in [5.74, 6) is 0.698. The van der Waals surface area contributed by atoms with Crippen molar-refractivity contribution in [2.45, 2.75) is 42.7 Å². The fourth-order valence-electron chi connectivity index (χ4n) is 3.45. The third-order valence-electron chi connectivity index (χ3n) is 4.66. The predicted molar refractivity (Wildman–Crippen MR) is 123 cm³/mol. The van der Waals surface area contributed by atoms with E-state index in [1.165, 1.54) is 21.8 Å². The number of thiophene rings is 1. The van der Waals surface area contributed by atoms with Crippen LogP contribution in [0, 0.1) is 0 Å². The van der Waals surface area contributed by atoms with E-state index >= 15 is 0 Å². The molecule has 3 heterocycles. The van der Waals surface area contributed by atoms with E-state index in [1.54, 1.807) is 23.1 Å². The zero-order valence-electron chi connectivity index (χ0n) is 16.9. The van der Waals surface area contributed by atoms with Gasteiger partial charge in [-0.15, -0.1) is 21.5 Å². The van der Waals surface area contributed by atoms with Gasteiger partial charge in [0.05, 0.1) is 12.2 Å². The van der Waals surface area contributed by atoms with Crippen molar-refractivity contribution in [3.8, 4) is 0 Å². The van der Waals surface area contributed by atoms with Crippen molar-refractivity contribution >= 4 is 45.5 Å². The molecule has 1 saturated heterocycles. The number of rotatable bonds is 7. The highest BCUT2D eigenvalue weighted by atomic mass is 32.2. The van der Waals surface area contributed by atoms with Gasteiger partial charge in [0.1, 0.15) is 0 Å². The van der Waals surface area contributed by atoms with Crippen LogP contribution in [0.4, 0.5) is 5.13 Å². The predicted octanol–water partition coefficient (Wildman–Crippen LogP) is 4.75. The first-order valence-electron chi connectivity index (χ1n) is 9.82. The Balaban J connectivity index is 1.29. The lowest BCUT2D eigenvalue weighted by Crippen LogP contribution is -2.44. The highest BCUT2D eigenvalue weighted by molar-refractivity contribution is 8.00. The lowest BCUT2D eigenvalue weighted by molar-refractivity contribution is -0.0704. The highest BCUT2D eigenvalue weighted by Gasteiger charge is 2.22. The minimum Gasteiger partial charge on any atom is -0.373 e. The third kappa shape index (κ3) is 5.89. The van der Waals surface area contributed by atoms with Crippen molar-refractivity contribution in [3.05, 3.63) is 57.8 Å². The molecule has 0 radical (unpaired) electrons. The zero-order valence-corrected chi connectivity index (χ0v) is 19.4. The summed E-state index contributed by atoms with van der Waals surface area (Å²) in [5.41, 5.74) is 1.81. The number of carbonyl (C=O) groups is 1. The van der Waals surface area contributed by atoms with Crippen LogP contribution in [0.1, 0.15) is 34.6 Å². The number of nitrogens with one attached hydrogen (secondary N) is 1. The molecular weight excluding hydrogens is 436 g/mol. The van der Waals surface area contributed by atoms with Gasteiger partial charge in [-0.05, 0) is 43.0 Å². The molecule has 4 rings (SSSR count). The molecule has 9 heteroatoms. The van der Waals surface area contributed by atoms with Crippen LogP contribution < -0.4 is 5.32 Å². The lowest BCUT2D eigenvalue weighted by atomic mass is 10.1. The minimum atomic E-state index is -0.166. The van der Waals surface area contributed by atoms with Gasteiger partial charge >= 0.3 is 0 Å². The van der Waals surface area contributed by atoms with E-state index in [0.717, 1.165) is 29.7 Å². The molecule has 1 fully saturated rings. The van der Waals surface area contributed by atoms with Gasteiger partial charge in [-0.25, -0.2) is 0 Å². The van der Waals surface area contributed by atoms with Gasteiger partial charge in [0.15, 0.2) is 4.34 Å². The number of amides is 1. The maximum atomic E-state index is 12.6. The normalized spacial score (nSPS) is 19.7. The molecule has 1 amide bonds. The van der Waals surface area contributed by atoms with Crippen LogP contribution in [0.2, 0.25) is 0 Å². The summed E-state index contributed by atoms with van der Waals surface area (Å²) in [4.78, 5) is 16.2. The fraction of sp³-hybridized carbons (Fsp3) is 0.381. The first-order valence-corrected chi connectivity index (χ1v) is 12.5. The molecule has 1 aliphatic heterocycles. The molecule has 3 aromatic rings. The summed E-state index contributed by atoms with van der Waals surface area (Å²) in [5, 5.41) is 13.7. The summed E-state index contributed by atoms with van der Waals surface area (Å²) >= 11 is 4.76. The Morgan fingerprint density at radius 2 is 1.97 bits per heavy atom. The van der Waals surface area contributed by atoms with Gasteiger partial charge in [0, 0.05) is 35.8 Å². The molecule has 1 N–H and O–H groups in total. The Bertz CT molecular complexity index is 949. The molecule has 2 unspecified atom stereocenters. The Morgan fingerprint density at radius 3 is 2.67 bits per heavy atom. The number of benzene rings is 1. The molecule has 0 saturated carbocycles. The number of thioether (sulfide) groups is 1. The van der Waals surface area contributed by atoms with Crippen molar-refractivity contribution in [2.75, 3.05) is 18.4 Å². The summed E-state index contributed by atoms with van der Waals surface area (Å²) in [6, 6.07) is 11.9. The second-order valence-electron chi connectivity index (χ2n) is 7.34. The summed E-state index contributed by atoms with van der Waals surface area (Å²) in [6.45, 7) is 6.93. The summed E-state index contributed by atoms with van der Waals surface area (Å²) < 4.78 is 6.64. The van der Waals surface area contributed by atoms with Crippen molar-refractivity contribution in [3.63, 3.8) is 0 Å². The van der Waals surface area contributed by atoms with Gasteiger partial charge in [-0.2, -0.15) is 0 Å². The van der Waals surface area contributed by atoms with E-state index in [-0.39, 0.29) is 18.1 Å². The average molecular weight is 461 g/mol. The zero-order chi connectivity index (χ0) is 20.9. The highest BCUT2D eigenvalue weighted by Crippen LogP contribution is 2.29.